The summed E-state index contributed by atoms with van der Waals surface area (Å²) in [7, 11) is 0. The highest BCUT2D eigenvalue weighted by molar-refractivity contribution is 5.95. The molecule has 258 valence electrons. The maximum Gasteiger partial charge on any atom is 0.326 e. The number of ether oxygens (including phenoxy) is 1. The first-order valence-corrected chi connectivity index (χ1v) is 15.2. The Hall–Kier alpha value is -4.28. The molecule has 16 nitrogen and oxygen atoms in total. The molecule has 46 heavy (non-hydrogen) atoms. The van der Waals surface area contributed by atoms with Gasteiger partial charge in [0.15, 0.2) is 5.96 Å². The van der Waals surface area contributed by atoms with Crippen LogP contribution in [-0.2, 0) is 35.1 Å². The zero-order valence-corrected chi connectivity index (χ0v) is 26.9. The first-order chi connectivity index (χ1) is 21.7. The minimum atomic E-state index is -1.50. The maximum absolute atomic E-state index is 13.3. The zero-order chi connectivity index (χ0) is 34.6. The van der Waals surface area contributed by atoms with Crippen molar-refractivity contribution in [2.45, 2.75) is 77.2 Å². The van der Waals surface area contributed by atoms with Crippen LogP contribution >= 0.6 is 0 Å². The number of guanidine groups is 1. The summed E-state index contributed by atoms with van der Waals surface area (Å²) in [5.41, 5.74) is 5.97. The SMILES string of the molecule is CC(C)NCCOCC(=O)N[C@@H](CCCNC(=N)N)C(=O)N[C@H](C(=O)N[C@@H](CO)C(=O)N[C@@H](Cc1ccccc1)C(=O)O)C(C)C. The highest BCUT2D eigenvalue weighted by Crippen LogP contribution is 2.07. The molecule has 0 bridgehead atoms. The molecule has 0 aliphatic carbocycles. The van der Waals surface area contributed by atoms with Gasteiger partial charge in [-0.15, -0.1) is 0 Å². The molecule has 1 aromatic rings. The summed E-state index contributed by atoms with van der Waals surface area (Å²) in [6.07, 6.45) is 0.461. The quantitative estimate of drug-likeness (QED) is 0.0380. The molecule has 11 N–H and O–H groups in total. The van der Waals surface area contributed by atoms with Crippen LogP contribution in [0.1, 0.15) is 46.1 Å². The molecule has 1 aromatic carbocycles. The lowest BCUT2D eigenvalue weighted by molar-refractivity contribution is -0.142. The average Bonchev–Trinajstić information content (AvgIpc) is 2.99. The molecule has 0 aromatic heterocycles. The number of carbonyl (C=O) groups excluding carboxylic acids is 4. The van der Waals surface area contributed by atoms with E-state index in [0.717, 1.165) is 0 Å². The summed E-state index contributed by atoms with van der Waals surface area (Å²) in [5.74, 6) is -4.96. The van der Waals surface area contributed by atoms with Gasteiger partial charge in [0.05, 0.1) is 13.2 Å². The van der Waals surface area contributed by atoms with E-state index in [1.807, 2.05) is 13.8 Å². The Bertz CT molecular complexity index is 1140. The van der Waals surface area contributed by atoms with Crippen LogP contribution in [0.15, 0.2) is 30.3 Å². The molecule has 1 rings (SSSR count). The summed E-state index contributed by atoms with van der Waals surface area (Å²) in [5, 5.41) is 42.5. The number of rotatable bonds is 22. The molecule has 0 saturated carbocycles. The van der Waals surface area contributed by atoms with Crippen molar-refractivity contribution in [1.29, 1.82) is 5.41 Å². The zero-order valence-electron chi connectivity index (χ0n) is 26.9. The molecule has 0 aliphatic rings. The van der Waals surface area contributed by atoms with E-state index in [4.69, 9.17) is 15.9 Å². The number of aliphatic carboxylic acids is 1. The van der Waals surface area contributed by atoms with E-state index in [9.17, 15) is 34.2 Å². The van der Waals surface area contributed by atoms with Gasteiger partial charge in [0.25, 0.3) is 0 Å². The van der Waals surface area contributed by atoms with Crippen LogP contribution in [0.2, 0.25) is 0 Å². The normalized spacial score (nSPS) is 13.6. The summed E-state index contributed by atoms with van der Waals surface area (Å²) >= 11 is 0. The third-order valence-corrected chi connectivity index (χ3v) is 6.63. The second kappa shape index (κ2) is 21.5. The van der Waals surface area contributed by atoms with Gasteiger partial charge in [0.1, 0.15) is 30.8 Å². The van der Waals surface area contributed by atoms with E-state index in [-0.39, 0.29) is 44.6 Å². The largest absolute Gasteiger partial charge is 0.480 e. The highest BCUT2D eigenvalue weighted by atomic mass is 16.5. The molecule has 16 heteroatoms. The van der Waals surface area contributed by atoms with Crippen molar-refractivity contribution < 1.29 is 38.9 Å². The van der Waals surface area contributed by atoms with Crippen molar-refractivity contribution >= 4 is 35.6 Å². The van der Waals surface area contributed by atoms with E-state index in [1.54, 1.807) is 44.2 Å². The molecule has 4 atom stereocenters. The van der Waals surface area contributed by atoms with Crippen molar-refractivity contribution in [3.63, 3.8) is 0 Å². The third-order valence-electron chi connectivity index (χ3n) is 6.63. The van der Waals surface area contributed by atoms with Crippen LogP contribution in [0.3, 0.4) is 0 Å². The number of hydrogen-bond acceptors (Lipinski definition) is 9. The lowest BCUT2D eigenvalue weighted by atomic mass is 10.0. The fourth-order valence-electron chi connectivity index (χ4n) is 4.19. The number of carboxylic acids is 1. The minimum Gasteiger partial charge on any atom is -0.480 e. The van der Waals surface area contributed by atoms with Gasteiger partial charge in [-0.2, -0.15) is 0 Å². The lowest BCUT2D eigenvalue weighted by Crippen LogP contribution is -2.60. The minimum absolute atomic E-state index is 0.0202. The maximum atomic E-state index is 13.3. The van der Waals surface area contributed by atoms with Gasteiger partial charge >= 0.3 is 5.97 Å². The van der Waals surface area contributed by atoms with E-state index in [0.29, 0.717) is 18.5 Å². The molecule has 0 heterocycles. The smallest absolute Gasteiger partial charge is 0.326 e. The van der Waals surface area contributed by atoms with E-state index in [1.165, 1.54) is 0 Å². The van der Waals surface area contributed by atoms with Crippen molar-refractivity contribution in [3.05, 3.63) is 35.9 Å². The molecule has 0 fully saturated rings. The predicted octanol–water partition coefficient (Wildman–Crippen LogP) is -1.82. The number of nitrogens with one attached hydrogen (secondary N) is 7. The number of aliphatic hydroxyl groups is 1. The summed E-state index contributed by atoms with van der Waals surface area (Å²) in [6, 6.07) is 3.82. The summed E-state index contributed by atoms with van der Waals surface area (Å²) in [6.45, 7) is 7.21. The third kappa shape index (κ3) is 16.2. The van der Waals surface area contributed by atoms with Crippen LogP contribution in [-0.4, -0.2) is 109 Å². The highest BCUT2D eigenvalue weighted by Gasteiger charge is 2.32. The van der Waals surface area contributed by atoms with Gasteiger partial charge < -0.3 is 52.6 Å². The van der Waals surface area contributed by atoms with Gasteiger partial charge in [0, 0.05) is 25.6 Å². The second-order valence-electron chi connectivity index (χ2n) is 11.3. The topological polar surface area (TPSA) is 257 Å². The Balaban J connectivity index is 2.91. The molecule has 0 spiro atoms. The molecule has 0 saturated heterocycles. The molecule has 0 radical (unpaired) electrons. The Morgan fingerprint density at radius 3 is 2.07 bits per heavy atom. The van der Waals surface area contributed by atoms with Gasteiger partial charge in [0.2, 0.25) is 23.6 Å². The van der Waals surface area contributed by atoms with Crippen LogP contribution < -0.4 is 37.6 Å². The van der Waals surface area contributed by atoms with Gasteiger partial charge in [-0.1, -0.05) is 58.0 Å². The number of benzene rings is 1. The number of aliphatic hydroxyl groups excluding tert-OH is 1. The van der Waals surface area contributed by atoms with E-state index in [2.05, 4.69) is 31.9 Å². The van der Waals surface area contributed by atoms with Crippen LogP contribution in [0, 0.1) is 11.3 Å². The molecular formula is C30H50N8O8. The predicted molar refractivity (Wildman–Crippen MR) is 171 cm³/mol. The number of nitrogens with two attached hydrogens (primary N) is 1. The van der Waals surface area contributed by atoms with Crippen LogP contribution in [0.25, 0.3) is 0 Å². The number of carboxylic acid groups (broad SMARTS) is 1. The van der Waals surface area contributed by atoms with Gasteiger partial charge in [-0.05, 0) is 24.3 Å². The van der Waals surface area contributed by atoms with Gasteiger partial charge in [-0.25, -0.2) is 4.79 Å². The van der Waals surface area contributed by atoms with E-state index < -0.39 is 66.3 Å². The standard InChI is InChI=1S/C30H50N8O8/c1-18(2)25(28(43)37-23(16-39)27(42)36-22(29(44)45)15-20-9-6-5-7-10-20)38-26(41)21(11-8-12-34-30(31)32)35-24(40)17-46-14-13-33-19(3)4/h5-7,9-10,18-19,21-23,25,33,39H,8,11-17H2,1-4H3,(H,35,40)(H,36,42)(H,37,43)(H,38,41)(H,44,45)(H4,31,32,34)/t21-,22-,23-,25-/m0/s1. The Morgan fingerprint density at radius 1 is 0.870 bits per heavy atom. The summed E-state index contributed by atoms with van der Waals surface area (Å²) in [4.78, 5) is 63.8. The molecule has 4 amide bonds. The number of amides is 4. The van der Waals surface area contributed by atoms with Crippen LogP contribution in [0.5, 0.6) is 0 Å². The number of carbonyl (C=O) groups is 5. The Labute approximate surface area is 269 Å². The van der Waals surface area contributed by atoms with Crippen LogP contribution in [0.4, 0.5) is 0 Å². The van der Waals surface area contributed by atoms with Crippen molar-refractivity contribution in [2.24, 2.45) is 11.7 Å². The van der Waals surface area contributed by atoms with Crippen molar-refractivity contribution in [2.75, 3.05) is 32.9 Å². The molecule has 0 unspecified atom stereocenters. The fraction of sp³-hybridized carbons (Fsp3) is 0.600. The Morgan fingerprint density at radius 2 is 1.50 bits per heavy atom. The molecule has 0 aliphatic heterocycles. The first-order valence-electron chi connectivity index (χ1n) is 15.2. The van der Waals surface area contributed by atoms with Crippen molar-refractivity contribution in [3.8, 4) is 0 Å². The lowest BCUT2D eigenvalue weighted by Gasteiger charge is -2.27. The molecular weight excluding hydrogens is 600 g/mol. The Kier molecular flexibility index (Phi) is 18.5. The van der Waals surface area contributed by atoms with Gasteiger partial charge in [-0.3, -0.25) is 24.6 Å². The monoisotopic (exact) mass is 650 g/mol. The fourth-order valence-corrected chi connectivity index (χ4v) is 4.19. The van der Waals surface area contributed by atoms with Crippen molar-refractivity contribution in [1.82, 2.24) is 31.9 Å². The first kappa shape index (κ1) is 39.7. The second-order valence-corrected chi connectivity index (χ2v) is 11.3. The average molecular weight is 651 g/mol. The van der Waals surface area contributed by atoms with E-state index >= 15 is 0 Å². The number of hydrogen-bond donors (Lipinski definition) is 10. The summed E-state index contributed by atoms with van der Waals surface area (Å²) < 4.78 is 5.37.